The number of amides is 2. The maximum Gasteiger partial charge on any atom is 0.289 e. The Balaban J connectivity index is 1.46. The van der Waals surface area contributed by atoms with Gasteiger partial charge < -0.3 is 24.8 Å². The number of anilines is 1. The van der Waals surface area contributed by atoms with Gasteiger partial charge in [-0.25, -0.2) is 15.0 Å². The highest BCUT2D eigenvalue weighted by molar-refractivity contribution is 5.96. The average Bonchev–Trinajstić information content (AvgIpc) is 3.45. The molecule has 2 N–H and O–H groups in total. The number of aryl methyl sites for hydroxylation is 1. The van der Waals surface area contributed by atoms with E-state index in [9.17, 15) is 9.59 Å². The molecule has 33 heavy (non-hydrogen) atoms. The summed E-state index contributed by atoms with van der Waals surface area (Å²) in [5, 5.41) is 7.15. The van der Waals surface area contributed by atoms with E-state index in [-0.39, 0.29) is 23.7 Å². The van der Waals surface area contributed by atoms with Crippen LogP contribution in [0.25, 0.3) is 22.6 Å². The van der Waals surface area contributed by atoms with Gasteiger partial charge in [0.05, 0.1) is 25.0 Å². The third-order valence-corrected chi connectivity index (χ3v) is 6.00. The number of imidazole rings is 1. The number of morpholine rings is 1. The summed E-state index contributed by atoms with van der Waals surface area (Å²) in [5.74, 6) is 1.24. The zero-order valence-corrected chi connectivity index (χ0v) is 18.7. The molecule has 2 aliphatic rings. The fraction of sp³-hybridized carbons (Fsp3) is 0.524. The van der Waals surface area contributed by atoms with Gasteiger partial charge in [0.1, 0.15) is 5.52 Å². The third-order valence-electron chi connectivity index (χ3n) is 6.00. The van der Waals surface area contributed by atoms with Gasteiger partial charge in [0.15, 0.2) is 23.1 Å². The first-order valence-electron chi connectivity index (χ1n) is 11.1. The van der Waals surface area contributed by atoms with Gasteiger partial charge in [-0.3, -0.25) is 14.3 Å². The lowest BCUT2D eigenvalue weighted by Crippen LogP contribution is -2.46. The lowest BCUT2D eigenvalue weighted by atomic mass is 10.0. The van der Waals surface area contributed by atoms with Crippen molar-refractivity contribution in [2.75, 3.05) is 44.3 Å². The van der Waals surface area contributed by atoms with Crippen LogP contribution in [-0.2, 0) is 16.6 Å². The van der Waals surface area contributed by atoms with Gasteiger partial charge in [0.2, 0.25) is 5.91 Å². The Labute approximate surface area is 190 Å². The van der Waals surface area contributed by atoms with Crippen molar-refractivity contribution in [3.05, 3.63) is 18.2 Å². The Morgan fingerprint density at radius 3 is 2.55 bits per heavy atom. The topological polar surface area (TPSA) is 134 Å². The number of piperidine rings is 1. The summed E-state index contributed by atoms with van der Waals surface area (Å²) < 4.78 is 7.19. The zero-order valence-electron chi connectivity index (χ0n) is 18.7. The fourth-order valence-corrected chi connectivity index (χ4v) is 4.32. The summed E-state index contributed by atoms with van der Waals surface area (Å²) in [6, 6.07) is 0.100. The SMILES string of the molecule is CC(=O)NC1CCN(C(=O)c2nc3nc(-c4cnn(C)c4)nc(N4CCOCC4)c3[nH]2)CC1. The van der Waals surface area contributed by atoms with Gasteiger partial charge in [-0.15, -0.1) is 0 Å². The summed E-state index contributed by atoms with van der Waals surface area (Å²) in [4.78, 5) is 45.5. The standard InChI is InChI=1S/C21H27N9O3/c1-13(31)23-15-3-5-30(6-4-15)21(32)19-24-16-18(26-19)25-17(14-11-22-28(2)12-14)27-20(16)29-7-9-33-10-8-29/h11-12,15H,3-10H2,1-2H3,(H,23,31)(H,24,25,26,27). The minimum absolute atomic E-state index is 0.0457. The van der Waals surface area contributed by atoms with Crippen LogP contribution >= 0.6 is 0 Å². The van der Waals surface area contributed by atoms with Crippen molar-refractivity contribution >= 4 is 28.8 Å². The summed E-state index contributed by atoms with van der Waals surface area (Å²) in [6.07, 6.45) is 5.00. The number of H-pyrrole nitrogens is 1. The number of aromatic amines is 1. The van der Waals surface area contributed by atoms with Crippen LogP contribution in [-0.4, -0.2) is 91.9 Å². The second-order valence-corrected chi connectivity index (χ2v) is 8.42. The van der Waals surface area contributed by atoms with E-state index in [0.717, 1.165) is 18.4 Å². The summed E-state index contributed by atoms with van der Waals surface area (Å²) in [6.45, 7) is 5.23. The van der Waals surface area contributed by atoms with Crippen LogP contribution in [0.15, 0.2) is 12.4 Å². The van der Waals surface area contributed by atoms with E-state index in [1.165, 1.54) is 6.92 Å². The van der Waals surface area contributed by atoms with Crippen molar-refractivity contribution in [3.63, 3.8) is 0 Å². The number of aromatic nitrogens is 6. The molecule has 0 saturated carbocycles. The normalized spacial score (nSPS) is 17.5. The third kappa shape index (κ3) is 4.38. The maximum absolute atomic E-state index is 13.2. The summed E-state index contributed by atoms with van der Waals surface area (Å²) >= 11 is 0. The lowest BCUT2D eigenvalue weighted by Gasteiger charge is -2.31. The highest BCUT2D eigenvalue weighted by Gasteiger charge is 2.28. The van der Waals surface area contributed by atoms with Crippen LogP contribution in [0.5, 0.6) is 0 Å². The molecular weight excluding hydrogens is 426 g/mol. The Bertz CT molecular complexity index is 1170. The minimum Gasteiger partial charge on any atom is -0.378 e. The molecular formula is C21H27N9O3. The van der Waals surface area contributed by atoms with Gasteiger partial charge in [-0.2, -0.15) is 5.10 Å². The van der Waals surface area contributed by atoms with Crippen LogP contribution in [0.1, 0.15) is 30.4 Å². The summed E-state index contributed by atoms with van der Waals surface area (Å²) in [5.41, 5.74) is 1.87. The smallest absolute Gasteiger partial charge is 0.289 e. The highest BCUT2D eigenvalue weighted by Crippen LogP contribution is 2.27. The lowest BCUT2D eigenvalue weighted by molar-refractivity contribution is -0.119. The molecule has 2 fully saturated rings. The highest BCUT2D eigenvalue weighted by atomic mass is 16.5. The van der Waals surface area contributed by atoms with Crippen molar-refractivity contribution in [1.82, 2.24) is 39.9 Å². The number of carbonyl (C=O) groups excluding carboxylic acids is 2. The molecule has 3 aromatic heterocycles. The van der Waals surface area contributed by atoms with E-state index in [4.69, 9.17) is 9.72 Å². The molecule has 5 rings (SSSR count). The number of rotatable bonds is 4. The zero-order chi connectivity index (χ0) is 22.9. The molecule has 0 aliphatic carbocycles. The second kappa shape index (κ2) is 8.77. The number of carbonyl (C=O) groups is 2. The molecule has 174 valence electrons. The predicted molar refractivity (Wildman–Crippen MR) is 120 cm³/mol. The number of fused-ring (bicyclic) bond motifs is 1. The Hall–Kier alpha value is -3.54. The van der Waals surface area contributed by atoms with Crippen LogP contribution in [0, 0.1) is 0 Å². The molecule has 12 heteroatoms. The van der Waals surface area contributed by atoms with Crippen LogP contribution in [0.3, 0.4) is 0 Å². The van der Waals surface area contributed by atoms with E-state index in [0.29, 0.717) is 62.2 Å². The van der Waals surface area contributed by atoms with Gasteiger partial charge in [0.25, 0.3) is 5.91 Å². The molecule has 0 atom stereocenters. The van der Waals surface area contributed by atoms with Crippen molar-refractivity contribution in [1.29, 1.82) is 0 Å². The van der Waals surface area contributed by atoms with Crippen molar-refractivity contribution in [2.24, 2.45) is 7.05 Å². The van der Waals surface area contributed by atoms with E-state index < -0.39 is 0 Å². The molecule has 12 nitrogen and oxygen atoms in total. The number of nitrogens with one attached hydrogen (secondary N) is 2. The van der Waals surface area contributed by atoms with Crippen molar-refractivity contribution in [3.8, 4) is 11.4 Å². The largest absolute Gasteiger partial charge is 0.378 e. The Morgan fingerprint density at radius 2 is 1.88 bits per heavy atom. The maximum atomic E-state index is 13.2. The molecule has 2 amide bonds. The molecule has 2 aliphatic heterocycles. The Kier molecular flexibility index (Phi) is 5.67. The Morgan fingerprint density at radius 1 is 1.12 bits per heavy atom. The molecule has 0 radical (unpaired) electrons. The van der Waals surface area contributed by atoms with E-state index >= 15 is 0 Å². The molecule has 5 heterocycles. The number of hydrogen-bond acceptors (Lipinski definition) is 8. The average molecular weight is 454 g/mol. The van der Waals surface area contributed by atoms with Gasteiger partial charge in [-0.05, 0) is 12.8 Å². The van der Waals surface area contributed by atoms with Crippen molar-refractivity contribution < 1.29 is 14.3 Å². The number of nitrogens with zero attached hydrogens (tertiary/aromatic N) is 7. The monoisotopic (exact) mass is 453 g/mol. The first-order valence-corrected chi connectivity index (χ1v) is 11.1. The fourth-order valence-electron chi connectivity index (χ4n) is 4.32. The predicted octanol–water partition coefficient (Wildman–Crippen LogP) is 0.331. The molecule has 0 unspecified atom stereocenters. The van der Waals surface area contributed by atoms with Crippen LogP contribution in [0.4, 0.5) is 5.82 Å². The van der Waals surface area contributed by atoms with E-state index in [1.54, 1.807) is 15.8 Å². The molecule has 2 saturated heterocycles. The first kappa shape index (κ1) is 21.3. The van der Waals surface area contributed by atoms with Crippen LogP contribution < -0.4 is 10.2 Å². The van der Waals surface area contributed by atoms with Gasteiger partial charge >= 0.3 is 0 Å². The molecule has 3 aromatic rings. The number of hydrogen-bond donors (Lipinski definition) is 2. The van der Waals surface area contributed by atoms with E-state index in [1.807, 2.05) is 13.2 Å². The van der Waals surface area contributed by atoms with Gasteiger partial charge in [-0.1, -0.05) is 0 Å². The molecule has 0 spiro atoms. The van der Waals surface area contributed by atoms with Crippen molar-refractivity contribution in [2.45, 2.75) is 25.8 Å². The number of likely N-dealkylation sites (tertiary alicyclic amines) is 1. The quantitative estimate of drug-likeness (QED) is 0.577. The number of ether oxygens (including phenoxy) is 1. The summed E-state index contributed by atoms with van der Waals surface area (Å²) in [7, 11) is 1.84. The molecule has 0 bridgehead atoms. The molecule has 0 aromatic carbocycles. The van der Waals surface area contributed by atoms with E-state index in [2.05, 4.69) is 30.3 Å². The second-order valence-electron chi connectivity index (χ2n) is 8.42. The first-order chi connectivity index (χ1) is 16.0. The van der Waals surface area contributed by atoms with Gasteiger partial charge in [0, 0.05) is 52.4 Å². The minimum atomic E-state index is -0.176. The van der Waals surface area contributed by atoms with Crippen LogP contribution in [0.2, 0.25) is 0 Å².